The summed E-state index contributed by atoms with van der Waals surface area (Å²) in [5, 5.41) is 7.23. The van der Waals surface area contributed by atoms with Gasteiger partial charge in [-0.05, 0) is 52.4 Å². The molecule has 0 aliphatic carbocycles. The number of likely N-dealkylation sites (N-methyl/N-ethyl adjacent to an activating group) is 1. The molecule has 0 aromatic rings. The molecular weight excluding hydrogens is 186 g/mol. The van der Waals surface area contributed by atoms with E-state index in [9.17, 15) is 0 Å². The molecule has 2 heterocycles. The van der Waals surface area contributed by atoms with Crippen LogP contribution in [0, 0.1) is 5.92 Å². The van der Waals surface area contributed by atoms with E-state index < -0.39 is 0 Å². The van der Waals surface area contributed by atoms with Gasteiger partial charge in [-0.25, -0.2) is 0 Å². The summed E-state index contributed by atoms with van der Waals surface area (Å²) in [6.07, 6.45) is 5.47. The van der Waals surface area contributed by atoms with E-state index in [1.807, 2.05) is 0 Å². The Morgan fingerprint density at radius 1 is 1.33 bits per heavy atom. The summed E-state index contributed by atoms with van der Waals surface area (Å²) in [7, 11) is 4.36. The Morgan fingerprint density at radius 3 is 2.73 bits per heavy atom. The summed E-state index contributed by atoms with van der Waals surface area (Å²) < 4.78 is 0. The molecule has 2 saturated heterocycles. The van der Waals surface area contributed by atoms with E-state index in [1.165, 1.54) is 45.3 Å². The van der Waals surface area contributed by atoms with E-state index >= 15 is 0 Å². The normalized spacial score (nSPS) is 35.6. The van der Waals surface area contributed by atoms with E-state index in [2.05, 4.69) is 29.6 Å². The molecule has 2 aliphatic rings. The van der Waals surface area contributed by atoms with Crippen molar-refractivity contribution in [2.45, 2.75) is 37.8 Å². The topological polar surface area (TPSA) is 27.3 Å². The van der Waals surface area contributed by atoms with Crippen LogP contribution in [0.3, 0.4) is 0 Å². The van der Waals surface area contributed by atoms with Crippen molar-refractivity contribution in [3.05, 3.63) is 0 Å². The van der Waals surface area contributed by atoms with Crippen molar-refractivity contribution in [2.75, 3.05) is 33.7 Å². The van der Waals surface area contributed by atoms with Crippen LogP contribution in [-0.2, 0) is 0 Å². The minimum atomic E-state index is 0.676. The van der Waals surface area contributed by atoms with Gasteiger partial charge in [0.15, 0.2) is 0 Å². The Labute approximate surface area is 93.6 Å². The van der Waals surface area contributed by atoms with E-state index in [4.69, 9.17) is 0 Å². The highest BCUT2D eigenvalue weighted by molar-refractivity contribution is 4.92. The summed E-state index contributed by atoms with van der Waals surface area (Å²) in [5.74, 6) is 0.843. The van der Waals surface area contributed by atoms with Crippen LogP contribution in [0.15, 0.2) is 0 Å². The van der Waals surface area contributed by atoms with Crippen LogP contribution in [0.25, 0.3) is 0 Å². The Morgan fingerprint density at radius 2 is 2.20 bits per heavy atom. The zero-order chi connectivity index (χ0) is 10.7. The lowest BCUT2D eigenvalue weighted by atomic mass is 9.88. The predicted octanol–water partition coefficient (Wildman–Crippen LogP) is 0.668. The first-order valence-electron chi connectivity index (χ1n) is 6.40. The van der Waals surface area contributed by atoms with Crippen LogP contribution in [0.4, 0.5) is 0 Å². The Hall–Kier alpha value is -0.120. The van der Waals surface area contributed by atoms with Gasteiger partial charge in [-0.15, -0.1) is 0 Å². The average molecular weight is 211 g/mol. The van der Waals surface area contributed by atoms with E-state index in [0.717, 1.165) is 5.92 Å². The quantitative estimate of drug-likeness (QED) is 0.718. The number of hydrogen-bond donors (Lipinski definition) is 2. The second-order valence-corrected chi connectivity index (χ2v) is 5.18. The first kappa shape index (κ1) is 11.4. The van der Waals surface area contributed by atoms with Crippen molar-refractivity contribution >= 4 is 0 Å². The molecule has 0 saturated carbocycles. The van der Waals surface area contributed by atoms with Crippen LogP contribution < -0.4 is 10.6 Å². The van der Waals surface area contributed by atoms with Crippen molar-refractivity contribution in [1.82, 2.24) is 15.5 Å². The minimum absolute atomic E-state index is 0.676. The van der Waals surface area contributed by atoms with Gasteiger partial charge in [-0.1, -0.05) is 6.42 Å². The number of hydrogen-bond acceptors (Lipinski definition) is 3. The molecule has 0 aromatic heterocycles. The van der Waals surface area contributed by atoms with Gasteiger partial charge in [-0.2, -0.15) is 0 Å². The molecule has 0 aromatic carbocycles. The maximum atomic E-state index is 3.68. The number of likely N-dealkylation sites (tertiary alicyclic amines) is 1. The summed E-state index contributed by atoms with van der Waals surface area (Å²) >= 11 is 0. The SMILES string of the molecule is CNC(C1CCN(C)C1)C1CCCCN1. The largest absolute Gasteiger partial charge is 0.315 e. The minimum Gasteiger partial charge on any atom is -0.315 e. The van der Waals surface area contributed by atoms with Gasteiger partial charge in [0.05, 0.1) is 0 Å². The molecule has 2 rings (SSSR count). The van der Waals surface area contributed by atoms with E-state index in [1.54, 1.807) is 0 Å². The maximum absolute atomic E-state index is 3.68. The molecule has 3 nitrogen and oxygen atoms in total. The van der Waals surface area contributed by atoms with E-state index in [0.29, 0.717) is 12.1 Å². The standard InChI is InChI=1S/C12H25N3/c1-13-12(10-6-8-15(2)9-10)11-5-3-4-7-14-11/h10-14H,3-9H2,1-2H3. The van der Waals surface area contributed by atoms with Gasteiger partial charge in [0.2, 0.25) is 0 Å². The van der Waals surface area contributed by atoms with Gasteiger partial charge in [0, 0.05) is 18.6 Å². The molecule has 3 atom stereocenters. The van der Waals surface area contributed by atoms with E-state index in [-0.39, 0.29) is 0 Å². The lowest BCUT2D eigenvalue weighted by Crippen LogP contribution is -2.53. The Bertz CT molecular complexity index is 185. The lowest BCUT2D eigenvalue weighted by molar-refractivity contribution is 0.250. The van der Waals surface area contributed by atoms with Gasteiger partial charge in [0.25, 0.3) is 0 Å². The fourth-order valence-electron chi connectivity index (χ4n) is 3.21. The van der Waals surface area contributed by atoms with Gasteiger partial charge in [0.1, 0.15) is 0 Å². The first-order chi connectivity index (χ1) is 7.31. The van der Waals surface area contributed by atoms with Crippen molar-refractivity contribution in [3.63, 3.8) is 0 Å². The van der Waals surface area contributed by atoms with Gasteiger partial charge < -0.3 is 15.5 Å². The monoisotopic (exact) mass is 211 g/mol. The highest BCUT2D eigenvalue weighted by Crippen LogP contribution is 2.23. The Balaban J connectivity index is 1.90. The van der Waals surface area contributed by atoms with Crippen LogP contribution in [0.1, 0.15) is 25.7 Å². The van der Waals surface area contributed by atoms with Crippen LogP contribution in [0.5, 0.6) is 0 Å². The molecule has 88 valence electrons. The molecule has 2 aliphatic heterocycles. The molecule has 15 heavy (non-hydrogen) atoms. The first-order valence-corrected chi connectivity index (χ1v) is 6.40. The molecule has 0 bridgehead atoms. The number of piperidine rings is 1. The molecule has 3 unspecified atom stereocenters. The van der Waals surface area contributed by atoms with Gasteiger partial charge >= 0.3 is 0 Å². The fraction of sp³-hybridized carbons (Fsp3) is 1.00. The van der Waals surface area contributed by atoms with Crippen molar-refractivity contribution in [1.29, 1.82) is 0 Å². The van der Waals surface area contributed by atoms with Crippen LogP contribution in [0.2, 0.25) is 0 Å². The molecule has 3 heteroatoms. The molecule has 2 N–H and O–H groups in total. The number of nitrogens with one attached hydrogen (secondary N) is 2. The third kappa shape index (κ3) is 2.71. The van der Waals surface area contributed by atoms with Crippen LogP contribution in [-0.4, -0.2) is 50.7 Å². The summed E-state index contributed by atoms with van der Waals surface area (Å²) in [6, 6.07) is 1.38. The third-order valence-corrected chi connectivity index (χ3v) is 4.05. The maximum Gasteiger partial charge on any atom is 0.0259 e. The summed E-state index contributed by atoms with van der Waals surface area (Å²) in [4.78, 5) is 2.46. The molecule has 0 radical (unpaired) electrons. The average Bonchev–Trinajstić information content (AvgIpc) is 2.68. The molecule has 2 fully saturated rings. The van der Waals surface area contributed by atoms with Crippen molar-refractivity contribution in [2.24, 2.45) is 5.92 Å². The fourth-order valence-corrected chi connectivity index (χ4v) is 3.21. The predicted molar refractivity (Wildman–Crippen MR) is 64.1 cm³/mol. The summed E-state index contributed by atoms with van der Waals surface area (Å²) in [6.45, 7) is 3.75. The molecular formula is C12H25N3. The van der Waals surface area contributed by atoms with Gasteiger partial charge in [-0.3, -0.25) is 0 Å². The second-order valence-electron chi connectivity index (χ2n) is 5.18. The lowest BCUT2D eigenvalue weighted by Gasteiger charge is -2.34. The third-order valence-electron chi connectivity index (χ3n) is 4.05. The number of nitrogens with zero attached hydrogens (tertiary/aromatic N) is 1. The highest BCUT2D eigenvalue weighted by atomic mass is 15.1. The molecule has 0 amide bonds. The van der Waals surface area contributed by atoms with Crippen LogP contribution >= 0.6 is 0 Å². The molecule has 0 spiro atoms. The second kappa shape index (κ2) is 5.28. The smallest absolute Gasteiger partial charge is 0.0259 e. The summed E-state index contributed by atoms with van der Waals surface area (Å²) in [5.41, 5.74) is 0. The van der Waals surface area contributed by atoms with Crippen molar-refractivity contribution in [3.8, 4) is 0 Å². The zero-order valence-corrected chi connectivity index (χ0v) is 10.1. The highest BCUT2D eigenvalue weighted by Gasteiger charge is 2.32. The zero-order valence-electron chi connectivity index (χ0n) is 10.1. The number of rotatable bonds is 3. The Kier molecular flexibility index (Phi) is 4.00. The van der Waals surface area contributed by atoms with Crippen molar-refractivity contribution < 1.29 is 0 Å².